The Labute approximate surface area is 160 Å². The fraction of sp³-hybridized carbons (Fsp3) is 0.200. The van der Waals surface area contributed by atoms with Crippen molar-refractivity contribution in [2.24, 2.45) is 0 Å². The summed E-state index contributed by atoms with van der Waals surface area (Å²) in [6.45, 7) is 0.842. The zero-order valence-corrected chi connectivity index (χ0v) is 15.1. The first kappa shape index (κ1) is 17.7. The summed E-state index contributed by atoms with van der Waals surface area (Å²) in [7, 11) is 0. The van der Waals surface area contributed by atoms with Crippen LogP contribution >= 0.6 is 0 Å². The summed E-state index contributed by atoms with van der Waals surface area (Å²) in [6.07, 6.45) is 7.79. The van der Waals surface area contributed by atoms with Crippen LogP contribution in [0.2, 0.25) is 0 Å². The highest BCUT2D eigenvalue weighted by Crippen LogP contribution is 2.12. The van der Waals surface area contributed by atoms with Gasteiger partial charge in [0.15, 0.2) is 5.58 Å². The van der Waals surface area contributed by atoms with Gasteiger partial charge in [-0.2, -0.15) is 0 Å². The van der Waals surface area contributed by atoms with Gasteiger partial charge in [-0.25, -0.2) is 14.8 Å². The lowest BCUT2D eigenvalue weighted by Gasteiger charge is -2.07. The second kappa shape index (κ2) is 7.91. The number of para-hydroxylation sites is 2. The first-order chi connectivity index (χ1) is 13.7. The summed E-state index contributed by atoms with van der Waals surface area (Å²) in [4.78, 5) is 32.4. The number of fused-ring (bicyclic) bond motifs is 1. The quantitative estimate of drug-likeness (QED) is 0.533. The van der Waals surface area contributed by atoms with E-state index in [1.807, 2.05) is 41.1 Å². The number of carbonyl (C=O) groups excluding carboxylic acids is 1. The van der Waals surface area contributed by atoms with Crippen molar-refractivity contribution in [3.8, 4) is 5.82 Å². The molecule has 0 aliphatic heterocycles. The van der Waals surface area contributed by atoms with Crippen LogP contribution in [-0.4, -0.2) is 25.0 Å². The van der Waals surface area contributed by atoms with Crippen molar-refractivity contribution in [2.45, 2.75) is 25.9 Å². The highest BCUT2D eigenvalue weighted by molar-refractivity contribution is 5.76. The largest absolute Gasteiger partial charge is 0.419 e. The maximum Gasteiger partial charge on any atom is 0.419 e. The Morgan fingerprint density at radius 3 is 2.86 bits per heavy atom. The van der Waals surface area contributed by atoms with Gasteiger partial charge in [-0.1, -0.05) is 18.2 Å². The number of imidazole rings is 1. The van der Waals surface area contributed by atoms with Crippen LogP contribution in [0.5, 0.6) is 0 Å². The average Bonchev–Trinajstić information content (AvgIpc) is 3.35. The third-order valence-electron chi connectivity index (χ3n) is 4.43. The summed E-state index contributed by atoms with van der Waals surface area (Å²) in [5.74, 6) is 0.301. The van der Waals surface area contributed by atoms with Crippen LogP contribution < -0.4 is 11.1 Å². The van der Waals surface area contributed by atoms with Crippen molar-refractivity contribution >= 4 is 17.0 Å². The molecule has 1 amide bonds. The Kier molecular flexibility index (Phi) is 5.01. The maximum absolute atomic E-state index is 12.1. The molecule has 3 aromatic heterocycles. The molecular formula is C20H19N5O3. The molecule has 8 heteroatoms. The maximum atomic E-state index is 12.1. The third-order valence-corrected chi connectivity index (χ3v) is 4.43. The van der Waals surface area contributed by atoms with E-state index in [1.165, 1.54) is 0 Å². The molecule has 4 rings (SSSR count). The van der Waals surface area contributed by atoms with Crippen LogP contribution in [0.4, 0.5) is 0 Å². The molecule has 0 radical (unpaired) electrons. The Balaban J connectivity index is 1.27. The molecule has 0 aliphatic carbocycles. The van der Waals surface area contributed by atoms with Crippen molar-refractivity contribution in [2.75, 3.05) is 0 Å². The van der Waals surface area contributed by atoms with E-state index >= 15 is 0 Å². The molecule has 28 heavy (non-hydrogen) atoms. The fourth-order valence-electron chi connectivity index (χ4n) is 2.98. The number of aryl methyl sites for hydroxylation is 1. The summed E-state index contributed by atoms with van der Waals surface area (Å²) >= 11 is 0. The molecule has 0 saturated heterocycles. The molecule has 0 aliphatic rings. The second-order valence-electron chi connectivity index (χ2n) is 6.36. The Morgan fingerprint density at radius 1 is 1.18 bits per heavy atom. The van der Waals surface area contributed by atoms with Crippen LogP contribution in [0, 0.1) is 0 Å². The number of rotatable bonds is 7. The first-order valence-electron chi connectivity index (χ1n) is 8.99. The van der Waals surface area contributed by atoms with Crippen molar-refractivity contribution in [1.29, 1.82) is 0 Å². The topological polar surface area (TPSA) is 94.9 Å². The van der Waals surface area contributed by atoms with Gasteiger partial charge >= 0.3 is 5.76 Å². The van der Waals surface area contributed by atoms with E-state index in [9.17, 15) is 9.59 Å². The molecule has 1 N–H and O–H groups in total. The number of nitrogens with one attached hydrogen (secondary N) is 1. The lowest BCUT2D eigenvalue weighted by molar-refractivity contribution is -0.121. The van der Waals surface area contributed by atoms with Gasteiger partial charge in [-0.05, 0) is 30.2 Å². The average molecular weight is 377 g/mol. The van der Waals surface area contributed by atoms with E-state index in [4.69, 9.17) is 4.42 Å². The van der Waals surface area contributed by atoms with Crippen molar-refractivity contribution in [3.05, 3.63) is 77.4 Å². The summed E-state index contributed by atoms with van der Waals surface area (Å²) in [5.41, 5.74) is 2.22. The summed E-state index contributed by atoms with van der Waals surface area (Å²) in [6, 6.07) is 11.1. The molecule has 3 heterocycles. The van der Waals surface area contributed by atoms with Crippen LogP contribution in [-0.2, 0) is 17.9 Å². The molecule has 0 spiro atoms. The number of hydrogen-bond donors (Lipinski definition) is 1. The minimum Gasteiger partial charge on any atom is -0.408 e. The van der Waals surface area contributed by atoms with Crippen LogP contribution in [0.15, 0.2) is 70.5 Å². The molecule has 0 saturated carbocycles. The highest BCUT2D eigenvalue weighted by atomic mass is 16.4. The number of pyridine rings is 1. The first-order valence-corrected chi connectivity index (χ1v) is 8.99. The van der Waals surface area contributed by atoms with Gasteiger partial charge in [-0.3, -0.25) is 13.9 Å². The molecule has 0 unspecified atom stereocenters. The van der Waals surface area contributed by atoms with E-state index < -0.39 is 5.76 Å². The van der Waals surface area contributed by atoms with E-state index in [0.29, 0.717) is 31.5 Å². The number of benzene rings is 1. The Hall–Kier alpha value is -3.68. The van der Waals surface area contributed by atoms with Gasteiger partial charge in [-0.15, -0.1) is 0 Å². The molecule has 142 valence electrons. The normalized spacial score (nSPS) is 11.0. The third kappa shape index (κ3) is 3.85. The van der Waals surface area contributed by atoms with Gasteiger partial charge < -0.3 is 9.73 Å². The molecule has 8 nitrogen and oxygen atoms in total. The SMILES string of the molecule is O=C(CCCn1c(=O)oc2ccccc21)NCc1ccc(-n2ccnc2)nc1. The Morgan fingerprint density at radius 2 is 2.07 bits per heavy atom. The number of amides is 1. The number of carbonyl (C=O) groups is 1. The van der Waals surface area contributed by atoms with Crippen molar-refractivity contribution in [3.63, 3.8) is 0 Å². The standard InChI is InChI=1S/C20H19N5O3/c26-19(6-3-10-25-16-4-1-2-5-17(16)28-20(25)27)23-13-15-7-8-18(22-12-15)24-11-9-21-14-24/h1-2,4-5,7-9,11-12,14H,3,6,10,13H2,(H,23,26). The zero-order valence-electron chi connectivity index (χ0n) is 15.1. The van der Waals surface area contributed by atoms with Gasteiger partial charge in [0.05, 0.1) is 5.52 Å². The van der Waals surface area contributed by atoms with Crippen LogP contribution in [0.3, 0.4) is 0 Å². The monoisotopic (exact) mass is 377 g/mol. The molecule has 4 aromatic rings. The number of hydrogen-bond acceptors (Lipinski definition) is 5. The summed E-state index contributed by atoms with van der Waals surface area (Å²) in [5, 5.41) is 2.88. The van der Waals surface area contributed by atoms with E-state index in [2.05, 4.69) is 15.3 Å². The lowest BCUT2D eigenvalue weighted by atomic mass is 10.2. The predicted molar refractivity (Wildman–Crippen MR) is 103 cm³/mol. The summed E-state index contributed by atoms with van der Waals surface area (Å²) < 4.78 is 8.56. The number of oxazole rings is 1. The van der Waals surface area contributed by atoms with Gasteiger partial charge in [0.1, 0.15) is 12.1 Å². The molecular weight excluding hydrogens is 358 g/mol. The second-order valence-corrected chi connectivity index (χ2v) is 6.36. The smallest absolute Gasteiger partial charge is 0.408 e. The molecule has 0 bridgehead atoms. The van der Waals surface area contributed by atoms with Gasteiger partial charge in [0, 0.05) is 38.1 Å². The fourth-order valence-corrected chi connectivity index (χ4v) is 2.98. The van der Waals surface area contributed by atoms with E-state index in [-0.39, 0.29) is 5.91 Å². The van der Waals surface area contributed by atoms with Gasteiger partial charge in [0.25, 0.3) is 0 Å². The van der Waals surface area contributed by atoms with Crippen LogP contribution in [0.1, 0.15) is 18.4 Å². The van der Waals surface area contributed by atoms with Crippen molar-refractivity contribution in [1.82, 2.24) is 24.4 Å². The molecule has 1 aromatic carbocycles. The predicted octanol–water partition coefficient (Wildman–Crippen LogP) is 2.27. The molecule has 0 fully saturated rings. The Bertz CT molecular complexity index is 1130. The van der Waals surface area contributed by atoms with Crippen LogP contribution in [0.25, 0.3) is 16.9 Å². The number of aromatic nitrogens is 4. The minimum atomic E-state index is -0.398. The zero-order chi connectivity index (χ0) is 19.3. The minimum absolute atomic E-state index is 0.0699. The lowest BCUT2D eigenvalue weighted by Crippen LogP contribution is -2.23. The van der Waals surface area contributed by atoms with E-state index in [0.717, 1.165) is 16.9 Å². The van der Waals surface area contributed by atoms with Crippen molar-refractivity contribution < 1.29 is 9.21 Å². The van der Waals surface area contributed by atoms with E-state index in [1.54, 1.807) is 29.4 Å². The molecule has 0 atom stereocenters. The highest BCUT2D eigenvalue weighted by Gasteiger charge is 2.09. The van der Waals surface area contributed by atoms with Gasteiger partial charge in [0.2, 0.25) is 5.91 Å². The number of nitrogens with zero attached hydrogens (tertiary/aromatic N) is 4.